The molecule has 0 saturated carbocycles. The van der Waals surface area contributed by atoms with E-state index in [4.69, 9.17) is 0 Å². The summed E-state index contributed by atoms with van der Waals surface area (Å²) in [6.45, 7) is 6.52. The number of para-hydroxylation sites is 1. The third-order valence-corrected chi connectivity index (χ3v) is 4.65. The van der Waals surface area contributed by atoms with Gasteiger partial charge in [-0.3, -0.25) is 14.3 Å². The summed E-state index contributed by atoms with van der Waals surface area (Å²) in [7, 11) is 1.88. The van der Waals surface area contributed by atoms with Gasteiger partial charge >= 0.3 is 0 Å². The van der Waals surface area contributed by atoms with E-state index in [1.54, 1.807) is 39.9 Å². The molecule has 2 heterocycles. The number of aromatic nitrogens is 4. The van der Waals surface area contributed by atoms with Crippen molar-refractivity contribution in [3.8, 4) is 0 Å². The average Bonchev–Trinajstić information content (AvgIpc) is 2.89. The van der Waals surface area contributed by atoms with Crippen LogP contribution in [0.2, 0.25) is 0 Å². The van der Waals surface area contributed by atoms with Crippen LogP contribution in [0.5, 0.6) is 0 Å². The van der Waals surface area contributed by atoms with Gasteiger partial charge in [-0.1, -0.05) is 12.1 Å². The number of hydrogen-bond donors (Lipinski definition) is 1. The van der Waals surface area contributed by atoms with Crippen LogP contribution in [-0.4, -0.2) is 37.1 Å². The maximum absolute atomic E-state index is 12.6. The summed E-state index contributed by atoms with van der Waals surface area (Å²) in [5.41, 5.74) is 3.25. The zero-order valence-electron chi connectivity index (χ0n) is 16.0. The number of aromatic amines is 1. The summed E-state index contributed by atoms with van der Waals surface area (Å²) in [5, 5.41) is 4.89. The first-order valence-corrected chi connectivity index (χ1v) is 8.85. The number of H-pyrrole nitrogens is 1. The van der Waals surface area contributed by atoms with Gasteiger partial charge in [0.1, 0.15) is 5.82 Å². The number of likely N-dealkylation sites (N-methyl/N-ethyl adjacent to an activating group) is 1. The van der Waals surface area contributed by atoms with Crippen molar-refractivity contribution in [1.29, 1.82) is 0 Å². The van der Waals surface area contributed by atoms with Gasteiger partial charge in [0.15, 0.2) is 0 Å². The number of carbonyl (C=O) groups excluding carboxylic acids is 1. The van der Waals surface area contributed by atoms with E-state index in [0.29, 0.717) is 23.3 Å². The highest BCUT2D eigenvalue weighted by atomic mass is 16.2. The monoisotopic (exact) mass is 365 g/mol. The van der Waals surface area contributed by atoms with Crippen LogP contribution in [0.4, 0.5) is 0 Å². The van der Waals surface area contributed by atoms with E-state index in [9.17, 15) is 9.59 Å². The van der Waals surface area contributed by atoms with Crippen LogP contribution in [0.3, 0.4) is 0 Å². The Morgan fingerprint density at radius 1 is 1.30 bits per heavy atom. The van der Waals surface area contributed by atoms with Gasteiger partial charge in [-0.2, -0.15) is 5.10 Å². The van der Waals surface area contributed by atoms with Gasteiger partial charge in [0, 0.05) is 30.9 Å². The topological polar surface area (TPSA) is 83.9 Å². The van der Waals surface area contributed by atoms with Gasteiger partial charge < -0.3 is 9.88 Å². The number of rotatable bonds is 5. The maximum Gasteiger partial charge on any atom is 0.258 e. The third-order valence-electron chi connectivity index (χ3n) is 4.65. The smallest absolute Gasteiger partial charge is 0.258 e. The second-order valence-corrected chi connectivity index (χ2v) is 6.42. The fraction of sp³-hybridized carbons (Fsp3) is 0.300. The predicted octanol–water partition coefficient (Wildman–Crippen LogP) is 2.34. The van der Waals surface area contributed by atoms with Crippen molar-refractivity contribution in [1.82, 2.24) is 24.6 Å². The first kappa shape index (κ1) is 18.6. The quantitative estimate of drug-likeness (QED) is 0.704. The highest BCUT2D eigenvalue weighted by Gasteiger charge is 2.13. The number of fused-ring (bicyclic) bond motifs is 1. The van der Waals surface area contributed by atoms with E-state index in [0.717, 1.165) is 17.0 Å². The molecule has 3 aromatic rings. The van der Waals surface area contributed by atoms with Crippen LogP contribution < -0.4 is 5.56 Å². The van der Waals surface area contributed by atoms with Crippen LogP contribution in [-0.2, 0) is 18.4 Å². The zero-order valence-corrected chi connectivity index (χ0v) is 16.0. The number of aryl methyl sites for hydroxylation is 2. The van der Waals surface area contributed by atoms with Gasteiger partial charge in [0.2, 0.25) is 5.91 Å². The lowest BCUT2D eigenvalue weighted by Gasteiger charge is -2.18. The molecule has 1 amide bonds. The lowest BCUT2D eigenvalue weighted by Crippen LogP contribution is -2.30. The zero-order chi connectivity index (χ0) is 19.6. The Kier molecular flexibility index (Phi) is 5.21. The second-order valence-electron chi connectivity index (χ2n) is 6.42. The van der Waals surface area contributed by atoms with Gasteiger partial charge in [0.25, 0.3) is 5.56 Å². The molecular weight excluding hydrogens is 342 g/mol. The van der Waals surface area contributed by atoms with E-state index in [-0.39, 0.29) is 18.0 Å². The van der Waals surface area contributed by atoms with Crippen molar-refractivity contribution >= 4 is 22.9 Å². The van der Waals surface area contributed by atoms with Crippen LogP contribution in [0.1, 0.15) is 29.7 Å². The molecule has 0 spiro atoms. The summed E-state index contributed by atoms with van der Waals surface area (Å²) in [6.07, 6.45) is 3.33. The van der Waals surface area contributed by atoms with E-state index >= 15 is 0 Å². The molecule has 27 heavy (non-hydrogen) atoms. The van der Waals surface area contributed by atoms with Crippen molar-refractivity contribution in [2.45, 2.75) is 27.3 Å². The summed E-state index contributed by atoms with van der Waals surface area (Å²) in [5.74, 6) is 0.326. The molecular formula is C20H23N5O2. The summed E-state index contributed by atoms with van der Waals surface area (Å²) >= 11 is 0. The lowest BCUT2D eigenvalue weighted by molar-refractivity contribution is -0.126. The number of nitrogens with zero attached hydrogens (tertiary/aromatic N) is 4. The van der Waals surface area contributed by atoms with Crippen LogP contribution >= 0.6 is 0 Å². The van der Waals surface area contributed by atoms with Crippen molar-refractivity contribution in [2.75, 3.05) is 6.54 Å². The Morgan fingerprint density at radius 2 is 2.04 bits per heavy atom. The minimum Gasteiger partial charge on any atom is -0.332 e. The minimum atomic E-state index is -0.198. The molecule has 0 saturated heterocycles. The number of benzene rings is 1. The normalized spacial score (nSPS) is 11.4. The molecule has 3 rings (SSSR count). The molecule has 1 N–H and O–H groups in total. The number of nitrogens with one attached hydrogen (secondary N) is 1. The molecule has 0 aliphatic carbocycles. The van der Waals surface area contributed by atoms with Crippen LogP contribution in [0.15, 0.2) is 35.1 Å². The Morgan fingerprint density at radius 3 is 2.70 bits per heavy atom. The molecule has 0 atom stereocenters. The largest absolute Gasteiger partial charge is 0.332 e. The van der Waals surface area contributed by atoms with Crippen molar-refractivity contribution in [3.63, 3.8) is 0 Å². The Hall–Kier alpha value is -3.22. The molecule has 0 radical (unpaired) electrons. The number of hydrogen-bond acceptors (Lipinski definition) is 4. The third kappa shape index (κ3) is 3.81. The fourth-order valence-corrected chi connectivity index (χ4v) is 3.03. The Labute approximate surface area is 157 Å². The molecule has 0 aliphatic rings. The highest BCUT2D eigenvalue weighted by molar-refractivity contribution is 5.92. The fourth-order valence-electron chi connectivity index (χ4n) is 3.03. The molecule has 7 heteroatoms. The summed E-state index contributed by atoms with van der Waals surface area (Å²) in [6, 6.07) is 7.16. The molecule has 2 aromatic heterocycles. The number of carbonyl (C=O) groups is 1. The SMILES string of the molecule is CCN(Cc1nc2ccccc2c(=O)[nH]1)C(=O)/C=C/c1c(C)nn(C)c1C. The van der Waals surface area contributed by atoms with Gasteiger partial charge in [0.05, 0.1) is 23.1 Å². The van der Waals surface area contributed by atoms with Gasteiger partial charge in [-0.15, -0.1) is 0 Å². The van der Waals surface area contributed by atoms with E-state index < -0.39 is 0 Å². The van der Waals surface area contributed by atoms with E-state index in [1.165, 1.54) is 0 Å². The van der Waals surface area contributed by atoms with Crippen molar-refractivity contribution < 1.29 is 4.79 Å². The van der Waals surface area contributed by atoms with Gasteiger partial charge in [-0.25, -0.2) is 4.98 Å². The summed E-state index contributed by atoms with van der Waals surface area (Å²) in [4.78, 5) is 33.7. The molecule has 0 aliphatic heterocycles. The maximum atomic E-state index is 12.6. The molecule has 0 bridgehead atoms. The molecule has 7 nitrogen and oxygen atoms in total. The predicted molar refractivity (Wildman–Crippen MR) is 105 cm³/mol. The van der Waals surface area contributed by atoms with Crippen LogP contribution in [0, 0.1) is 13.8 Å². The Balaban J connectivity index is 1.82. The molecule has 1 aromatic carbocycles. The molecule has 0 unspecified atom stereocenters. The van der Waals surface area contributed by atoms with Crippen molar-refractivity contribution in [3.05, 3.63) is 63.5 Å². The second kappa shape index (κ2) is 7.57. The highest BCUT2D eigenvalue weighted by Crippen LogP contribution is 2.14. The standard InChI is InChI=1S/C20H23N5O2/c1-5-25(19(26)11-10-15-13(2)23-24(4)14(15)3)12-18-21-17-9-7-6-8-16(17)20(27)22-18/h6-11H,5,12H2,1-4H3,(H,21,22,27)/b11-10+. The van der Waals surface area contributed by atoms with Crippen molar-refractivity contribution in [2.24, 2.45) is 7.05 Å². The average molecular weight is 365 g/mol. The van der Waals surface area contributed by atoms with Crippen LogP contribution in [0.25, 0.3) is 17.0 Å². The first-order valence-electron chi connectivity index (χ1n) is 8.85. The molecule has 0 fully saturated rings. The summed E-state index contributed by atoms with van der Waals surface area (Å²) < 4.78 is 1.79. The van der Waals surface area contributed by atoms with E-state index in [1.807, 2.05) is 33.9 Å². The minimum absolute atomic E-state index is 0.143. The number of amides is 1. The first-order chi connectivity index (χ1) is 12.9. The Bertz CT molecular complexity index is 1080. The lowest BCUT2D eigenvalue weighted by atomic mass is 10.2. The molecule has 140 valence electrons. The van der Waals surface area contributed by atoms with E-state index in [2.05, 4.69) is 15.1 Å². The van der Waals surface area contributed by atoms with Gasteiger partial charge in [-0.05, 0) is 39.0 Å².